The first kappa shape index (κ1) is 72.6. The second kappa shape index (κ2) is 25.5. The number of allylic oxidation sites excluding steroid dienone is 2. The predicted octanol–water partition coefficient (Wildman–Crippen LogP) is -2.51. The molecule has 12 bridgehead atoms. The molecule has 0 aromatic carbocycles. The van der Waals surface area contributed by atoms with Gasteiger partial charge in [-0.25, -0.2) is 0 Å². The van der Waals surface area contributed by atoms with E-state index in [0.717, 1.165) is 12.5 Å². The Kier molecular flexibility index (Phi) is 19.7. The predicted molar refractivity (Wildman–Crippen MR) is 316 cm³/mol. The molecule has 29 nitrogen and oxygen atoms in total. The minimum atomic E-state index is -2.42. The summed E-state index contributed by atoms with van der Waals surface area (Å²) < 4.78 is 67.3. The first-order chi connectivity index (χ1) is 43.7. The average Bonchev–Trinajstić information content (AvgIpc) is 0.653. The van der Waals surface area contributed by atoms with Crippen molar-refractivity contribution in [2.75, 3.05) is 26.4 Å². The largest absolute Gasteiger partial charge is 0.457 e. The molecular formula is C65H102O29. The molecule has 0 unspecified atom stereocenters. The van der Waals surface area contributed by atoms with Crippen LogP contribution < -0.4 is 0 Å². The van der Waals surface area contributed by atoms with Gasteiger partial charge in [0.05, 0.1) is 62.2 Å². The van der Waals surface area contributed by atoms with Crippen molar-refractivity contribution in [2.45, 2.75) is 299 Å². The summed E-state index contributed by atoms with van der Waals surface area (Å²) in [5.41, 5.74) is -7.72. The summed E-state index contributed by atoms with van der Waals surface area (Å²) in [6.07, 6.45) is -42.2. The first-order valence-electron chi connectivity index (χ1n) is 33.3. The molecule has 5 aliphatic carbocycles. The molecule has 8 saturated heterocycles. The van der Waals surface area contributed by atoms with Crippen molar-refractivity contribution in [1.82, 2.24) is 0 Å². The fourth-order valence-corrected chi connectivity index (χ4v) is 19.9. The van der Waals surface area contributed by atoms with E-state index in [2.05, 4.69) is 54.5 Å². The lowest BCUT2D eigenvalue weighted by atomic mass is 9.27. The summed E-state index contributed by atoms with van der Waals surface area (Å²) in [5, 5.41) is 172. The third kappa shape index (κ3) is 11.4. The number of Topliss-reactive ketones (excluding diaryl/α,β-unsaturated/α-hetero) is 1. The first-order valence-corrected chi connectivity index (χ1v) is 33.3. The zero-order valence-electron chi connectivity index (χ0n) is 55.1. The van der Waals surface area contributed by atoms with Gasteiger partial charge in [0, 0.05) is 17.3 Å². The van der Waals surface area contributed by atoms with Gasteiger partial charge < -0.3 is 129 Å². The molecule has 0 aromatic heterocycles. The minimum absolute atomic E-state index is 0.102. The van der Waals surface area contributed by atoms with Gasteiger partial charge in [0.25, 0.3) is 0 Å². The molecule has 4 saturated carbocycles. The fraction of sp³-hybridized carbons (Fsp3) is 0.923. The van der Waals surface area contributed by atoms with Crippen LogP contribution >= 0.6 is 0 Å². The Morgan fingerprint density at radius 3 is 1.87 bits per heavy atom. The Morgan fingerprint density at radius 2 is 1.20 bits per heavy atom. The Hall–Kier alpha value is -2.61. The van der Waals surface area contributed by atoms with Crippen LogP contribution in [0.15, 0.2) is 11.6 Å². The van der Waals surface area contributed by atoms with Crippen LogP contribution in [-0.4, -0.2) is 280 Å². The lowest BCUT2D eigenvalue weighted by Gasteiger charge is -2.77. The van der Waals surface area contributed by atoms with Crippen molar-refractivity contribution in [3.05, 3.63) is 11.6 Å². The molecule has 0 radical (unpaired) electrons. The molecule has 17 aliphatic rings. The smallest absolute Gasteiger partial charge is 0.315 e. The number of hydrogen-bond acceptors (Lipinski definition) is 29. The van der Waals surface area contributed by atoms with Gasteiger partial charge in [0.1, 0.15) is 91.6 Å². The van der Waals surface area contributed by atoms with E-state index in [0.29, 0.717) is 51.4 Å². The zero-order valence-corrected chi connectivity index (χ0v) is 55.1. The van der Waals surface area contributed by atoms with Crippen LogP contribution in [0.5, 0.6) is 0 Å². The normalized spacial score (nSPS) is 55.9. The molecule has 12 aliphatic heterocycles. The van der Waals surface area contributed by atoms with Gasteiger partial charge in [-0.15, -0.1) is 0 Å². The van der Waals surface area contributed by atoms with Gasteiger partial charge in [0.2, 0.25) is 6.29 Å². The highest BCUT2D eigenvalue weighted by Crippen LogP contribution is 2.82. The van der Waals surface area contributed by atoms with Crippen LogP contribution in [0.4, 0.5) is 0 Å². The molecule has 0 amide bonds. The summed E-state index contributed by atoms with van der Waals surface area (Å²) >= 11 is 0. The van der Waals surface area contributed by atoms with E-state index < -0.39 is 260 Å². The van der Waals surface area contributed by atoms with Crippen molar-refractivity contribution >= 4 is 17.7 Å². The van der Waals surface area contributed by atoms with Crippen LogP contribution in [-0.2, 0) is 66.5 Å². The van der Waals surface area contributed by atoms with Gasteiger partial charge in [-0.3, -0.25) is 14.4 Å². The summed E-state index contributed by atoms with van der Waals surface area (Å²) in [6, 6.07) is 0. The summed E-state index contributed by atoms with van der Waals surface area (Å²) in [6.45, 7) is 17.0. The summed E-state index contributed by atoms with van der Waals surface area (Å²) in [7, 11) is 0. The van der Waals surface area contributed by atoms with Gasteiger partial charge in [0.15, 0.2) is 43.2 Å². The molecule has 15 N–H and O–H groups in total. The Morgan fingerprint density at radius 1 is 0.564 bits per heavy atom. The van der Waals surface area contributed by atoms with E-state index in [-0.39, 0.29) is 11.8 Å². The maximum absolute atomic E-state index is 15.9. The van der Waals surface area contributed by atoms with E-state index in [1.54, 1.807) is 6.92 Å². The molecule has 29 heteroatoms. The molecule has 536 valence electrons. The third-order valence-corrected chi connectivity index (χ3v) is 25.7. The quantitative estimate of drug-likeness (QED) is 0.0785. The molecule has 1 spiro atoms. The standard InChI is InChI=1S/C65H102O29/c1-27-45-47(90-51-42(79)36(73)30(70)23-84-51)44(81)53(86-27)91-48-37(74)31(71)24-85-54(48)94-56(82)65-17-15-57(2,3)25-62(65,8)34-12-14-64(10)61(7)20-29(69)50(59(5,26-67)33(61)11-13-63(64,9)60(34,6)16-18-65)93-55-49(40(77)38(75)32(22-66)87-55)92-52-43(80)39(76)41(78)46(89-52)28(68)19-58(4,83)21-35(72)88-45/h12,27,29-33,36-55,66-67,69-71,73-81,83H,11,13-26H2,1-10H3/t27-,29-,30+,31+,32+,33+,36-,37-,38+,39-,40-,41+,42+,43+,44+,45-,46-,47-,48+,49+,50-,51-,52-,53-,54-,55-,58-,59-,60+,61-,62-,63-,64+,65+/m0/s1. The van der Waals surface area contributed by atoms with E-state index in [4.69, 9.17) is 52.1 Å². The highest BCUT2D eigenvalue weighted by molar-refractivity contribution is 5.86. The van der Waals surface area contributed by atoms with Crippen molar-refractivity contribution < 1.29 is 143 Å². The lowest BCUT2D eigenvalue weighted by Crippen LogP contribution is -2.73. The van der Waals surface area contributed by atoms with E-state index in [1.807, 2.05) is 0 Å². The highest BCUT2D eigenvalue weighted by Gasteiger charge is 2.77. The van der Waals surface area contributed by atoms with E-state index in [9.17, 15) is 86.2 Å². The number of rotatable bonds is 4. The number of ketones is 1. The number of ether oxygens (including phenoxy) is 11. The van der Waals surface area contributed by atoms with Gasteiger partial charge in [-0.2, -0.15) is 0 Å². The number of aliphatic hydroxyl groups excluding tert-OH is 14. The monoisotopic (exact) mass is 1350 g/mol. The van der Waals surface area contributed by atoms with Crippen LogP contribution in [0.3, 0.4) is 0 Å². The number of hydrogen-bond donors (Lipinski definition) is 15. The summed E-state index contributed by atoms with van der Waals surface area (Å²) in [4.78, 5) is 44.3. The molecular weight excluding hydrogens is 1240 g/mol. The SMILES string of the molecule is C[C@@H]1O[C@H]2O[C@H]3[C@@H](OC[C@@H](O)[C@@H]3O)OC(=O)[C@]34CCC(C)(C)C[C@@]3(C)C3=CC[C@@]5(C)[C@@](C)(CC[C@@H]6[C@](C)(CO)[C@@H](O[C@@H]7O[C@H](CO)[C@@H](O)[C@H](O)[C@H]7O[C@@H]7O[C@@H](C(=O)C[C@](C)(O)CC(=O)O[C@@H]1[C@@H](O[C@@H]1OC[C@@H](O)[C@H](O)[C@H]1O)[C@H]2O)[C@H](O)[C@H](O)[C@H]7O)[C@@H](O)C[C@@]65C)[C@]3(C)CC4. The van der Waals surface area contributed by atoms with Crippen LogP contribution in [0, 0.1) is 49.2 Å². The van der Waals surface area contributed by atoms with Crippen LogP contribution in [0.1, 0.15) is 140 Å². The molecule has 12 fully saturated rings. The molecule has 0 aromatic rings. The third-order valence-electron chi connectivity index (χ3n) is 25.7. The minimum Gasteiger partial charge on any atom is -0.457 e. The topological polar surface area (TPSA) is 456 Å². The van der Waals surface area contributed by atoms with Crippen molar-refractivity contribution in [3.63, 3.8) is 0 Å². The van der Waals surface area contributed by atoms with Crippen molar-refractivity contribution in [1.29, 1.82) is 0 Å². The molecule has 34 atom stereocenters. The number of carbonyl (C=O) groups excluding carboxylic acids is 3. The fourth-order valence-electron chi connectivity index (χ4n) is 19.9. The van der Waals surface area contributed by atoms with E-state index >= 15 is 4.79 Å². The van der Waals surface area contributed by atoms with Gasteiger partial charge >= 0.3 is 11.9 Å². The van der Waals surface area contributed by atoms with Gasteiger partial charge in [-0.1, -0.05) is 67.0 Å². The van der Waals surface area contributed by atoms with Crippen molar-refractivity contribution in [3.8, 4) is 0 Å². The molecule has 12 heterocycles. The Balaban J connectivity index is 0.998. The molecule has 94 heavy (non-hydrogen) atoms. The average molecular weight is 1350 g/mol. The molecule has 17 rings (SSSR count). The van der Waals surface area contributed by atoms with Crippen LogP contribution in [0.25, 0.3) is 0 Å². The van der Waals surface area contributed by atoms with Crippen LogP contribution in [0.2, 0.25) is 0 Å². The zero-order chi connectivity index (χ0) is 68.9. The Labute approximate surface area is 545 Å². The lowest BCUT2D eigenvalue weighted by molar-refractivity contribution is -0.383. The highest BCUT2D eigenvalue weighted by atomic mass is 16.8. The number of esters is 2. The maximum Gasteiger partial charge on any atom is 0.315 e. The maximum atomic E-state index is 15.9. The number of carbonyl (C=O) groups is 3. The van der Waals surface area contributed by atoms with Gasteiger partial charge in [-0.05, 0) is 105 Å². The Bertz CT molecular complexity index is 2830. The summed E-state index contributed by atoms with van der Waals surface area (Å²) in [5.74, 6) is -3.54. The van der Waals surface area contributed by atoms with Crippen molar-refractivity contribution in [2.24, 2.45) is 49.2 Å². The number of aliphatic hydroxyl groups is 15. The second-order valence-corrected chi connectivity index (χ2v) is 31.9. The second-order valence-electron chi connectivity index (χ2n) is 31.9. The van der Waals surface area contributed by atoms with E-state index in [1.165, 1.54) is 6.92 Å².